The van der Waals surface area contributed by atoms with E-state index in [1.165, 1.54) is 4.88 Å². The molecule has 1 aromatic carbocycles. The molecule has 0 unspecified atom stereocenters. The molecule has 0 radical (unpaired) electrons. The number of carbonyl (C=O) groups is 2. The molecule has 0 fully saturated rings. The summed E-state index contributed by atoms with van der Waals surface area (Å²) < 4.78 is 0. The molecule has 1 aliphatic heterocycles. The first-order chi connectivity index (χ1) is 10.7. The fourth-order valence-corrected chi connectivity index (χ4v) is 3.28. The molecule has 0 saturated carbocycles. The molecule has 114 valence electrons. The van der Waals surface area contributed by atoms with Crippen molar-refractivity contribution in [3.63, 3.8) is 0 Å². The Balaban J connectivity index is 1.61. The molecule has 0 aliphatic carbocycles. The predicted octanol–water partition coefficient (Wildman–Crippen LogP) is 3.59. The Morgan fingerprint density at radius 2 is 2.18 bits per heavy atom. The molecular weight excluding hydrogens is 296 g/mol. The normalized spacial score (nSPS) is 13.9. The highest BCUT2D eigenvalue weighted by Crippen LogP contribution is 2.25. The van der Waals surface area contributed by atoms with Crippen molar-refractivity contribution in [2.75, 3.05) is 10.6 Å². The Labute approximate surface area is 133 Å². The zero-order chi connectivity index (χ0) is 15.4. The molecule has 0 spiro atoms. The lowest BCUT2D eigenvalue weighted by Crippen LogP contribution is -2.13. The topological polar surface area (TPSA) is 58.2 Å². The SMILES string of the molecule is O=C(CCc1cccs1)Nc1ccc2c(c1)CCCC(=O)N2. The van der Waals surface area contributed by atoms with E-state index >= 15 is 0 Å². The van der Waals surface area contributed by atoms with Gasteiger partial charge in [-0.15, -0.1) is 11.3 Å². The molecule has 1 aromatic heterocycles. The van der Waals surface area contributed by atoms with Gasteiger partial charge in [0.2, 0.25) is 11.8 Å². The van der Waals surface area contributed by atoms with Gasteiger partial charge in [-0.2, -0.15) is 0 Å². The van der Waals surface area contributed by atoms with Crippen molar-refractivity contribution in [3.8, 4) is 0 Å². The molecule has 1 aliphatic rings. The number of aryl methyl sites for hydroxylation is 2. The van der Waals surface area contributed by atoms with Crippen LogP contribution in [0.1, 0.15) is 29.7 Å². The van der Waals surface area contributed by atoms with Crippen LogP contribution in [0, 0.1) is 0 Å². The number of rotatable bonds is 4. The summed E-state index contributed by atoms with van der Waals surface area (Å²) in [6, 6.07) is 9.71. The summed E-state index contributed by atoms with van der Waals surface area (Å²) in [6.45, 7) is 0. The van der Waals surface area contributed by atoms with Gasteiger partial charge in [0.25, 0.3) is 0 Å². The van der Waals surface area contributed by atoms with E-state index in [1.54, 1.807) is 11.3 Å². The standard InChI is InChI=1S/C17H18N2O2S/c20-16-5-1-3-12-11-13(6-8-15(12)19-16)18-17(21)9-7-14-4-2-10-22-14/h2,4,6,8,10-11H,1,3,5,7,9H2,(H,18,21)(H,19,20). The first-order valence-corrected chi connectivity index (χ1v) is 8.34. The minimum atomic E-state index is 0.0195. The second-order valence-electron chi connectivity index (χ2n) is 5.40. The zero-order valence-corrected chi connectivity index (χ0v) is 13.0. The molecule has 3 rings (SSSR count). The third-order valence-corrected chi connectivity index (χ3v) is 4.63. The van der Waals surface area contributed by atoms with E-state index in [-0.39, 0.29) is 11.8 Å². The molecule has 2 heterocycles. The second kappa shape index (κ2) is 6.75. The largest absolute Gasteiger partial charge is 0.326 e. The molecule has 2 aromatic rings. The summed E-state index contributed by atoms with van der Waals surface area (Å²) in [7, 11) is 0. The molecule has 5 heteroatoms. The van der Waals surface area contributed by atoms with Gasteiger partial charge >= 0.3 is 0 Å². The molecule has 22 heavy (non-hydrogen) atoms. The minimum absolute atomic E-state index is 0.0195. The number of thiophene rings is 1. The predicted molar refractivity (Wildman–Crippen MR) is 89.3 cm³/mol. The second-order valence-corrected chi connectivity index (χ2v) is 6.43. The number of amides is 2. The summed E-state index contributed by atoms with van der Waals surface area (Å²) in [6.07, 6.45) is 3.50. The fourth-order valence-electron chi connectivity index (χ4n) is 2.57. The van der Waals surface area contributed by atoms with E-state index in [1.807, 2.05) is 35.7 Å². The monoisotopic (exact) mass is 314 g/mol. The van der Waals surface area contributed by atoms with Crippen LogP contribution < -0.4 is 10.6 Å². The maximum Gasteiger partial charge on any atom is 0.224 e. The average Bonchev–Trinajstić information content (AvgIpc) is 2.94. The highest BCUT2D eigenvalue weighted by molar-refractivity contribution is 7.09. The molecule has 2 N–H and O–H groups in total. The van der Waals surface area contributed by atoms with Gasteiger partial charge in [-0.05, 0) is 54.5 Å². The third-order valence-electron chi connectivity index (χ3n) is 3.69. The lowest BCUT2D eigenvalue weighted by molar-refractivity contribution is -0.117. The lowest BCUT2D eigenvalue weighted by atomic mass is 10.1. The molecule has 0 atom stereocenters. The van der Waals surface area contributed by atoms with E-state index in [2.05, 4.69) is 10.6 Å². The van der Waals surface area contributed by atoms with Crippen LogP contribution in [0.15, 0.2) is 35.7 Å². The molecule has 2 amide bonds. The molecule has 0 bridgehead atoms. The summed E-state index contributed by atoms with van der Waals surface area (Å²) in [4.78, 5) is 24.8. The summed E-state index contributed by atoms with van der Waals surface area (Å²) >= 11 is 1.67. The van der Waals surface area contributed by atoms with Gasteiger partial charge < -0.3 is 10.6 Å². The number of hydrogen-bond donors (Lipinski definition) is 2. The van der Waals surface area contributed by atoms with Gasteiger partial charge in [0, 0.05) is 29.1 Å². The Hall–Kier alpha value is -2.14. The van der Waals surface area contributed by atoms with Gasteiger partial charge in [0.1, 0.15) is 0 Å². The van der Waals surface area contributed by atoms with Crippen molar-refractivity contribution in [2.24, 2.45) is 0 Å². The Bertz CT molecular complexity index is 680. The van der Waals surface area contributed by atoms with Crippen LogP contribution in [0.3, 0.4) is 0 Å². The van der Waals surface area contributed by atoms with Crippen LogP contribution in [0.2, 0.25) is 0 Å². The van der Waals surface area contributed by atoms with Crippen LogP contribution in [0.5, 0.6) is 0 Å². The van der Waals surface area contributed by atoms with Crippen molar-refractivity contribution >= 4 is 34.5 Å². The maximum absolute atomic E-state index is 12.0. The summed E-state index contributed by atoms with van der Waals surface area (Å²) in [5.74, 6) is 0.0810. The lowest BCUT2D eigenvalue weighted by Gasteiger charge is -2.10. The maximum atomic E-state index is 12.0. The number of hydrogen-bond acceptors (Lipinski definition) is 3. The number of fused-ring (bicyclic) bond motifs is 1. The van der Waals surface area contributed by atoms with Crippen LogP contribution in [-0.4, -0.2) is 11.8 Å². The Kier molecular flexibility index (Phi) is 4.53. The van der Waals surface area contributed by atoms with Crippen molar-refractivity contribution in [2.45, 2.75) is 32.1 Å². The van der Waals surface area contributed by atoms with Gasteiger partial charge in [-0.1, -0.05) is 6.07 Å². The average molecular weight is 314 g/mol. The minimum Gasteiger partial charge on any atom is -0.326 e. The Morgan fingerprint density at radius 1 is 1.27 bits per heavy atom. The summed E-state index contributed by atoms with van der Waals surface area (Å²) in [5, 5.41) is 7.86. The van der Waals surface area contributed by atoms with Crippen molar-refractivity contribution < 1.29 is 9.59 Å². The van der Waals surface area contributed by atoms with Gasteiger partial charge in [0.05, 0.1) is 0 Å². The van der Waals surface area contributed by atoms with Gasteiger partial charge in [-0.25, -0.2) is 0 Å². The van der Waals surface area contributed by atoms with Gasteiger partial charge in [0.15, 0.2) is 0 Å². The Morgan fingerprint density at radius 3 is 3.00 bits per heavy atom. The molecule has 4 nitrogen and oxygen atoms in total. The van der Waals surface area contributed by atoms with Crippen molar-refractivity contribution in [1.29, 1.82) is 0 Å². The fraction of sp³-hybridized carbons (Fsp3) is 0.294. The third kappa shape index (κ3) is 3.74. The smallest absolute Gasteiger partial charge is 0.224 e. The highest BCUT2D eigenvalue weighted by Gasteiger charge is 2.13. The van der Waals surface area contributed by atoms with Crippen LogP contribution in [0.4, 0.5) is 11.4 Å². The zero-order valence-electron chi connectivity index (χ0n) is 12.2. The molecular formula is C17H18N2O2S. The van der Waals surface area contributed by atoms with Gasteiger partial charge in [-0.3, -0.25) is 9.59 Å². The van der Waals surface area contributed by atoms with Crippen LogP contribution in [-0.2, 0) is 22.4 Å². The number of nitrogens with one attached hydrogen (secondary N) is 2. The highest BCUT2D eigenvalue weighted by atomic mass is 32.1. The number of anilines is 2. The van der Waals surface area contributed by atoms with E-state index in [0.29, 0.717) is 12.8 Å². The van der Waals surface area contributed by atoms with Crippen LogP contribution >= 0.6 is 11.3 Å². The quantitative estimate of drug-likeness (QED) is 0.906. The molecule has 0 saturated heterocycles. The van der Waals surface area contributed by atoms with E-state index in [0.717, 1.165) is 36.2 Å². The van der Waals surface area contributed by atoms with Crippen molar-refractivity contribution in [1.82, 2.24) is 0 Å². The first-order valence-electron chi connectivity index (χ1n) is 7.46. The number of carbonyl (C=O) groups excluding carboxylic acids is 2. The first kappa shape index (κ1) is 14.8. The van der Waals surface area contributed by atoms with E-state index in [4.69, 9.17) is 0 Å². The summed E-state index contributed by atoms with van der Waals surface area (Å²) in [5.41, 5.74) is 2.74. The van der Waals surface area contributed by atoms with Crippen LogP contribution in [0.25, 0.3) is 0 Å². The van der Waals surface area contributed by atoms with Crippen molar-refractivity contribution in [3.05, 3.63) is 46.2 Å². The van der Waals surface area contributed by atoms with E-state index < -0.39 is 0 Å². The van der Waals surface area contributed by atoms with E-state index in [9.17, 15) is 9.59 Å². The number of benzene rings is 1.